The van der Waals surface area contributed by atoms with Gasteiger partial charge in [0.05, 0.1) is 12.0 Å². The normalized spacial score (nSPS) is 27.9. The van der Waals surface area contributed by atoms with Gasteiger partial charge in [-0.25, -0.2) is 0 Å². The van der Waals surface area contributed by atoms with E-state index in [1.807, 2.05) is 4.90 Å². The van der Waals surface area contributed by atoms with Crippen molar-refractivity contribution in [2.24, 2.45) is 5.92 Å². The van der Waals surface area contributed by atoms with Gasteiger partial charge in [0, 0.05) is 19.6 Å². The number of hydrogen-bond donors (Lipinski definition) is 2. The average Bonchev–Trinajstić information content (AvgIpc) is 2.32. The van der Waals surface area contributed by atoms with E-state index in [9.17, 15) is 9.59 Å². The first kappa shape index (κ1) is 11.7. The van der Waals surface area contributed by atoms with E-state index in [4.69, 9.17) is 5.11 Å². The number of aliphatic carboxylic acids is 1. The Labute approximate surface area is 88.8 Å². The minimum Gasteiger partial charge on any atom is -0.481 e. The molecule has 2 atom stereocenters. The number of carbonyl (C=O) groups excluding carboxylic acids is 1. The molecule has 0 bridgehead atoms. The standard InChI is InChI=1S/C10H16N2O3/c1-3-4-12-6-8(10(14)15)5-11-9(13)7(12)2/h3,7-8H,1,4-6H2,2H3,(H,11,13)(H,14,15). The van der Waals surface area contributed by atoms with E-state index >= 15 is 0 Å². The zero-order valence-corrected chi connectivity index (χ0v) is 8.77. The number of nitrogens with zero attached hydrogens (tertiary/aromatic N) is 1. The number of amides is 1. The highest BCUT2D eigenvalue weighted by Crippen LogP contribution is 2.09. The van der Waals surface area contributed by atoms with Crippen molar-refractivity contribution in [2.45, 2.75) is 13.0 Å². The third-order valence-electron chi connectivity index (χ3n) is 2.62. The Morgan fingerprint density at radius 1 is 1.80 bits per heavy atom. The van der Waals surface area contributed by atoms with Gasteiger partial charge in [-0.1, -0.05) is 6.08 Å². The molecule has 0 spiro atoms. The van der Waals surface area contributed by atoms with Crippen LogP contribution in [0.4, 0.5) is 0 Å². The van der Waals surface area contributed by atoms with Crippen molar-refractivity contribution in [2.75, 3.05) is 19.6 Å². The van der Waals surface area contributed by atoms with Gasteiger partial charge in [0.25, 0.3) is 0 Å². The molecule has 1 rings (SSSR count). The van der Waals surface area contributed by atoms with Crippen LogP contribution in [0.15, 0.2) is 12.7 Å². The summed E-state index contributed by atoms with van der Waals surface area (Å²) in [6.07, 6.45) is 1.67. The lowest BCUT2D eigenvalue weighted by molar-refractivity contribution is -0.142. The molecule has 0 aromatic carbocycles. The maximum Gasteiger partial charge on any atom is 0.309 e. The van der Waals surface area contributed by atoms with Crippen molar-refractivity contribution in [3.8, 4) is 0 Å². The van der Waals surface area contributed by atoms with Gasteiger partial charge in [-0.05, 0) is 6.92 Å². The fraction of sp³-hybridized carbons (Fsp3) is 0.600. The minimum atomic E-state index is -0.876. The molecule has 5 heteroatoms. The summed E-state index contributed by atoms with van der Waals surface area (Å²) in [5.41, 5.74) is 0. The molecule has 0 aromatic rings. The monoisotopic (exact) mass is 212 g/mol. The third-order valence-corrected chi connectivity index (χ3v) is 2.62. The first-order valence-corrected chi connectivity index (χ1v) is 4.91. The Morgan fingerprint density at radius 3 is 3.00 bits per heavy atom. The van der Waals surface area contributed by atoms with Crippen molar-refractivity contribution in [3.63, 3.8) is 0 Å². The van der Waals surface area contributed by atoms with Crippen molar-refractivity contribution < 1.29 is 14.7 Å². The van der Waals surface area contributed by atoms with Gasteiger partial charge in [0.15, 0.2) is 0 Å². The molecule has 1 aliphatic rings. The number of carboxylic acids is 1. The molecule has 1 saturated heterocycles. The van der Waals surface area contributed by atoms with Crippen LogP contribution in [0.1, 0.15) is 6.92 Å². The minimum absolute atomic E-state index is 0.124. The van der Waals surface area contributed by atoms with Gasteiger partial charge in [0.1, 0.15) is 0 Å². The highest BCUT2D eigenvalue weighted by atomic mass is 16.4. The molecule has 1 aliphatic heterocycles. The van der Waals surface area contributed by atoms with Crippen molar-refractivity contribution in [3.05, 3.63) is 12.7 Å². The van der Waals surface area contributed by atoms with Gasteiger partial charge >= 0.3 is 5.97 Å². The van der Waals surface area contributed by atoms with E-state index in [1.54, 1.807) is 13.0 Å². The molecule has 1 amide bonds. The fourth-order valence-electron chi connectivity index (χ4n) is 1.61. The highest BCUT2D eigenvalue weighted by Gasteiger charge is 2.30. The summed E-state index contributed by atoms with van der Waals surface area (Å²) in [4.78, 5) is 24.2. The van der Waals surface area contributed by atoms with Crippen LogP contribution in [0.25, 0.3) is 0 Å². The van der Waals surface area contributed by atoms with Crippen LogP contribution in [-0.2, 0) is 9.59 Å². The Bertz CT molecular complexity index is 278. The van der Waals surface area contributed by atoms with Gasteiger partial charge < -0.3 is 10.4 Å². The van der Waals surface area contributed by atoms with Gasteiger partial charge in [0.2, 0.25) is 5.91 Å². The van der Waals surface area contributed by atoms with E-state index in [2.05, 4.69) is 11.9 Å². The van der Waals surface area contributed by atoms with Crippen LogP contribution in [-0.4, -0.2) is 47.6 Å². The first-order valence-electron chi connectivity index (χ1n) is 4.91. The SMILES string of the molecule is C=CCN1CC(C(=O)O)CNC(=O)C1C. The molecular formula is C10H16N2O3. The summed E-state index contributed by atoms with van der Waals surface area (Å²) in [6.45, 7) is 6.46. The maximum absolute atomic E-state index is 11.5. The lowest BCUT2D eigenvalue weighted by Crippen LogP contribution is -2.42. The number of nitrogens with one attached hydrogen (secondary N) is 1. The fourth-order valence-corrected chi connectivity index (χ4v) is 1.61. The zero-order chi connectivity index (χ0) is 11.4. The summed E-state index contributed by atoms with van der Waals surface area (Å²) >= 11 is 0. The molecule has 0 radical (unpaired) electrons. The molecule has 0 saturated carbocycles. The average molecular weight is 212 g/mol. The largest absolute Gasteiger partial charge is 0.481 e. The van der Waals surface area contributed by atoms with E-state index in [0.29, 0.717) is 13.1 Å². The smallest absolute Gasteiger partial charge is 0.309 e. The summed E-state index contributed by atoms with van der Waals surface area (Å²) < 4.78 is 0. The van der Waals surface area contributed by atoms with E-state index in [-0.39, 0.29) is 18.5 Å². The number of rotatable bonds is 3. The summed E-state index contributed by atoms with van der Waals surface area (Å²) in [5, 5.41) is 11.5. The third kappa shape index (κ3) is 2.79. The first-order chi connectivity index (χ1) is 7.06. The number of carbonyl (C=O) groups is 2. The molecule has 2 N–H and O–H groups in total. The second-order valence-electron chi connectivity index (χ2n) is 3.70. The van der Waals surface area contributed by atoms with Crippen LogP contribution >= 0.6 is 0 Å². The van der Waals surface area contributed by atoms with Crippen molar-refractivity contribution in [1.82, 2.24) is 10.2 Å². The van der Waals surface area contributed by atoms with Crippen LogP contribution in [0.3, 0.4) is 0 Å². The quantitative estimate of drug-likeness (QED) is 0.630. The van der Waals surface area contributed by atoms with Crippen LogP contribution in [0.2, 0.25) is 0 Å². The molecule has 84 valence electrons. The summed E-state index contributed by atoms with van der Waals surface area (Å²) in [6, 6.07) is -0.299. The second kappa shape index (κ2) is 4.93. The Balaban J connectivity index is 2.77. The highest BCUT2D eigenvalue weighted by molar-refractivity contribution is 5.83. The number of hydrogen-bond acceptors (Lipinski definition) is 3. The van der Waals surface area contributed by atoms with Gasteiger partial charge in [-0.2, -0.15) is 0 Å². The Morgan fingerprint density at radius 2 is 2.47 bits per heavy atom. The second-order valence-corrected chi connectivity index (χ2v) is 3.70. The maximum atomic E-state index is 11.5. The Hall–Kier alpha value is -1.36. The van der Waals surface area contributed by atoms with Crippen LogP contribution in [0, 0.1) is 5.92 Å². The van der Waals surface area contributed by atoms with E-state index in [0.717, 1.165) is 0 Å². The Kier molecular flexibility index (Phi) is 3.85. The molecule has 0 aliphatic carbocycles. The number of carboxylic acid groups (broad SMARTS) is 1. The van der Waals surface area contributed by atoms with Gasteiger partial charge in [-0.15, -0.1) is 6.58 Å². The molecule has 0 aromatic heterocycles. The molecular weight excluding hydrogens is 196 g/mol. The predicted molar refractivity (Wildman–Crippen MR) is 55.4 cm³/mol. The summed E-state index contributed by atoms with van der Waals surface area (Å²) in [5.74, 6) is -1.54. The molecule has 5 nitrogen and oxygen atoms in total. The van der Waals surface area contributed by atoms with Crippen molar-refractivity contribution >= 4 is 11.9 Å². The molecule has 15 heavy (non-hydrogen) atoms. The topological polar surface area (TPSA) is 69.6 Å². The van der Waals surface area contributed by atoms with Crippen LogP contribution in [0.5, 0.6) is 0 Å². The molecule has 1 fully saturated rings. The lowest BCUT2D eigenvalue weighted by atomic mass is 10.1. The molecule has 2 unspecified atom stereocenters. The zero-order valence-electron chi connectivity index (χ0n) is 8.77. The van der Waals surface area contributed by atoms with Crippen LogP contribution < -0.4 is 5.32 Å². The van der Waals surface area contributed by atoms with E-state index < -0.39 is 11.9 Å². The van der Waals surface area contributed by atoms with E-state index in [1.165, 1.54) is 0 Å². The van der Waals surface area contributed by atoms with Gasteiger partial charge in [-0.3, -0.25) is 14.5 Å². The van der Waals surface area contributed by atoms with Crippen molar-refractivity contribution in [1.29, 1.82) is 0 Å². The predicted octanol–water partition coefficient (Wildman–Crippen LogP) is -0.306. The molecule has 1 heterocycles. The lowest BCUT2D eigenvalue weighted by Gasteiger charge is -2.24. The summed E-state index contributed by atoms with van der Waals surface area (Å²) in [7, 11) is 0.